The molecule has 3 rings (SSSR count). The first-order valence-electron chi connectivity index (χ1n) is 9.12. The summed E-state index contributed by atoms with van der Waals surface area (Å²) in [6.45, 7) is 2.70. The van der Waals surface area contributed by atoms with Gasteiger partial charge in [-0.1, -0.05) is 12.1 Å². The number of aryl methyl sites for hydroxylation is 1. The second-order valence-electron chi connectivity index (χ2n) is 6.79. The van der Waals surface area contributed by atoms with Gasteiger partial charge < -0.3 is 19.9 Å². The van der Waals surface area contributed by atoms with E-state index in [2.05, 4.69) is 5.32 Å². The molecule has 0 spiro atoms. The summed E-state index contributed by atoms with van der Waals surface area (Å²) in [6.07, 6.45) is 4.25. The predicted molar refractivity (Wildman–Crippen MR) is 95.6 cm³/mol. The van der Waals surface area contributed by atoms with Crippen molar-refractivity contribution in [3.8, 4) is 5.75 Å². The Kier molecular flexibility index (Phi) is 5.79. The summed E-state index contributed by atoms with van der Waals surface area (Å²) < 4.78 is 5.15. The zero-order chi connectivity index (χ0) is 17.6. The van der Waals surface area contributed by atoms with Gasteiger partial charge in [0.15, 0.2) is 0 Å². The number of benzene rings is 1. The fraction of sp³-hybridized carbons (Fsp3) is 0.579. The molecule has 2 aliphatic rings. The van der Waals surface area contributed by atoms with Crippen LogP contribution in [0.1, 0.15) is 31.2 Å². The smallest absolute Gasteiger partial charge is 0.317 e. The van der Waals surface area contributed by atoms with Crippen LogP contribution in [-0.2, 0) is 11.2 Å². The number of nitrogens with one attached hydrogen (secondary N) is 1. The number of methoxy groups -OCH3 is 1. The van der Waals surface area contributed by atoms with Crippen molar-refractivity contribution in [1.29, 1.82) is 0 Å². The summed E-state index contributed by atoms with van der Waals surface area (Å²) >= 11 is 0. The van der Waals surface area contributed by atoms with E-state index in [1.165, 1.54) is 0 Å². The third-order valence-electron chi connectivity index (χ3n) is 4.83. The molecule has 1 aliphatic carbocycles. The topological polar surface area (TPSA) is 61.9 Å². The number of hydrogen-bond donors (Lipinski definition) is 1. The molecule has 3 amide bonds. The van der Waals surface area contributed by atoms with Crippen LogP contribution in [0.3, 0.4) is 0 Å². The Morgan fingerprint density at radius 3 is 2.44 bits per heavy atom. The minimum absolute atomic E-state index is 0.0232. The number of amides is 3. The van der Waals surface area contributed by atoms with Gasteiger partial charge in [0.05, 0.1) is 7.11 Å². The summed E-state index contributed by atoms with van der Waals surface area (Å²) in [4.78, 5) is 28.4. The Labute approximate surface area is 149 Å². The molecule has 2 fully saturated rings. The SMILES string of the molecule is COc1ccc(CCC(=O)N2CCCN(C(=O)NC3CC3)CC2)cc1. The van der Waals surface area contributed by atoms with Crippen molar-refractivity contribution >= 4 is 11.9 Å². The van der Waals surface area contributed by atoms with Crippen LogP contribution < -0.4 is 10.1 Å². The Morgan fingerprint density at radius 1 is 1.08 bits per heavy atom. The van der Waals surface area contributed by atoms with E-state index >= 15 is 0 Å². The van der Waals surface area contributed by atoms with Crippen molar-refractivity contribution in [2.45, 2.75) is 38.1 Å². The standard InChI is InChI=1S/C19H27N3O3/c1-25-17-8-3-15(4-9-17)5-10-18(23)21-11-2-12-22(14-13-21)19(24)20-16-6-7-16/h3-4,8-9,16H,2,5-7,10-14H2,1H3,(H,20,24). The van der Waals surface area contributed by atoms with Crippen LogP contribution in [0.15, 0.2) is 24.3 Å². The Hall–Kier alpha value is -2.24. The van der Waals surface area contributed by atoms with Gasteiger partial charge in [0.25, 0.3) is 0 Å². The zero-order valence-corrected chi connectivity index (χ0v) is 14.9. The second kappa shape index (κ2) is 8.23. The lowest BCUT2D eigenvalue weighted by Gasteiger charge is -2.22. The van der Waals surface area contributed by atoms with Crippen LogP contribution in [0.5, 0.6) is 5.75 Å². The highest BCUT2D eigenvalue weighted by Gasteiger charge is 2.27. The van der Waals surface area contributed by atoms with E-state index in [0.29, 0.717) is 25.6 Å². The van der Waals surface area contributed by atoms with Gasteiger partial charge >= 0.3 is 6.03 Å². The normalized spacial score (nSPS) is 17.8. The number of ether oxygens (including phenoxy) is 1. The summed E-state index contributed by atoms with van der Waals surface area (Å²) in [5, 5.41) is 3.02. The summed E-state index contributed by atoms with van der Waals surface area (Å²) in [6, 6.07) is 8.23. The lowest BCUT2D eigenvalue weighted by atomic mass is 10.1. The maximum Gasteiger partial charge on any atom is 0.317 e. The maximum atomic E-state index is 12.5. The van der Waals surface area contributed by atoms with Gasteiger partial charge in [-0.25, -0.2) is 4.79 Å². The average molecular weight is 345 g/mol. The molecule has 0 radical (unpaired) electrons. The van der Waals surface area contributed by atoms with E-state index in [4.69, 9.17) is 4.74 Å². The van der Waals surface area contributed by atoms with E-state index < -0.39 is 0 Å². The van der Waals surface area contributed by atoms with E-state index in [1.54, 1.807) is 7.11 Å². The van der Waals surface area contributed by atoms with Crippen LogP contribution in [0.4, 0.5) is 4.79 Å². The van der Waals surface area contributed by atoms with Crippen LogP contribution in [-0.4, -0.2) is 61.1 Å². The van der Waals surface area contributed by atoms with Crippen molar-refractivity contribution in [2.24, 2.45) is 0 Å². The number of rotatable bonds is 5. The summed E-state index contributed by atoms with van der Waals surface area (Å²) in [7, 11) is 1.64. The first-order valence-corrected chi connectivity index (χ1v) is 9.12. The molecule has 136 valence electrons. The van der Waals surface area contributed by atoms with Gasteiger partial charge in [-0.15, -0.1) is 0 Å². The molecule has 1 aromatic carbocycles. The Balaban J connectivity index is 1.44. The lowest BCUT2D eigenvalue weighted by Crippen LogP contribution is -2.43. The third kappa shape index (κ3) is 5.11. The van der Waals surface area contributed by atoms with Gasteiger partial charge in [0.1, 0.15) is 5.75 Å². The van der Waals surface area contributed by atoms with Crippen LogP contribution in [0, 0.1) is 0 Å². The number of carbonyl (C=O) groups is 2. The molecule has 0 unspecified atom stereocenters. The number of hydrogen-bond acceptors (Lipinski definition) is 3. The van der Waals surface area contributed by atoms with Crippen molar-refractivity contribution in [3.63, 3.8) is 0 Å². The molecule has 1 aliphatic heterocycles. The van der Waals surface area contributed by atoms with Crippen molar-refractivity contribution < 1.29 is 14.3 Å². The molecule has 1 saturated heterocycles. The highest BCUT2D eigenvalue weighted by atomic mass is 16.5. The molecule has 1 N–H and O–H groups in total. The van der Waals surface area contributed by atoms with E-state index in [-0.39, 0.29) is 11.9 Å². The first kappa shape index (κ1) is 17.6. The largest absolute Gasteiger partial charge is 0.497 e. The highest BCUT2D eigenvalue weighted by molar-refractivity contribution is 5.77. The lowest BCUT2D eigenvalue weighted by molar-refractivity contribution is -0.131. The second-order valence-corrected chi connectivity index (χ2v) is 6.79. The molecule has 25 heavy (non-hydrogen) atoms. The quantitative estimate of drug-likeness (QED) is 0.888. The van der Waals surface area contributed by atoms with Crippen LogP contribution in [0.2, 0.25) is 0 Å². The van der Waals surface area contributed by atoms with Crippen LogP contribution in [0.25, 0.3) is 0 Å². The van der Waals surface area contributed by atoms with Crippen molar-refractivity contribution in [1.82, 2.24) is 15.1 Å². The minimum Gasteiger partial charge on any atom is -0.497 e. The van der Waals surface area contributed by atoms with Gasteiger partial charge in [-0.2, -0.15) is 0 Å². The first-order chi connectivity index (χ1) is 12.2. The molecule has 1 saturated carbocycles. The molecular weight excluding hydrogens is 318 g/mol. The molecule has 0 bridgehead atoms. The summed E-state index contributed by atoms with van der Waals surface area (Å²) in [5.41, 5.74) is 1.13. The molecule has 0 atom stereocenters. The molecule has 1 aromatic rings. The van der Waals surface area contributed by atoms with E-state index in [9.17, 15) is 9.59 Å². The minimum atomic E-state index is 0.0232. The van der Waals surface area contributed by atoms with Gasteiger partial charge in [0, 0.05) is 38.6 Å². The number of urea groups is 1. The van der Waals surface area contributed by atoms with E-state index in [0.717, 1.165) is 50.1 Å². The molecular formula is C19H27N3O3. The number of nitrogens with zero attached hydrogens (tertiary/aromatic N) is 2. The van der Waals surface area contributed by atoms with Gasteiger partial charge in [0.2, 0.25) is 5.91 Å². The van der Waals surface area contributed by atoms with Gasteiger partial charge in [-0.05, 0) is 43.4 Å². The number of carbonyl (C=O) groups excluding carboxylic acids is 2. The Bertz CT molecular complexity index is 598. The fourth-order valence-electron chi connectivity index (χ4n) is 3.07. The zero-order valence-electron chi connectivity index (χ0n) is 14.9. The molecule has 1 heterocycles. The fourth-order valence-corrected chi connectivity index (χ4v) is 3.07. The van der Waals surface area contributed by atoms with Gasteiger partial charge in [-0.3, -0.25) is 4.79 Å². The maximum absolute atomic E-state index is 12.5. The monoisotopic (exact) mass is 345 g/mol. The Morgan fingerprint density at radius 2 is 1.76 bits per heavy atom. The third-order valence-corrected chi connectivity index (χ3v) is 4.83. The molecule has 6 heteroatoms. The molecule has 6 nitrogen and oxygen atoms in total. The summed E-state index contributed by atoms with van der Waals surface area (Å²) in [5.74, 6) is 0.993. The predicted octanol–water partition coefficient (Wildman–Crippen LogP) is 2.03. The van der Waals surface area contributed by atoms with Crippen molar-refractivity contribution in [2.75, 3.05) is 33.3 Å². The van der Waals surface area contributed by atoms with Crippen molar-refractivity contribution in [3.05, 3.63) is 29.8 Å². The molecule has 0 aromatic heterocycles. The van der Waals surface area contributed by atoms with Crippen LogP contribution >= 0.6 is 0 Å². The van der Waals surface area contributed by atoms with E-state index in [1.807, 2.05) is 34.1 Å². The highest BCUT2D eigenvalue weighted by Crippen LogP contribution is 2.19. The average Bonchev–Trinajstić information content (AvgIpc) is 3.46.